The van der Waals surface area contributed by atoms with E-state index >= 15 is 0 Å². The number of aryl methyl sites for hydroxylation is 2. The van der Waals surface area contributed by atoms with Gasteiger partial charge in [0.1, 0.15) is 0 Å². The lowest BCUT2D eigenvalue weighted by atomic mass is 10.0. The molecule has 0 aliphatic heterocycles. The van der Waals surface area contributed by atoms with E-state index in [1.807, 2.05) is 11.9 Å². The van der Waals surface area contributed by atoms with Crippen molar-refractivity contribution in [2.24, 2.45) is 0 Å². The van der Waals surface area contributed by atoms with Gasteiger partial charge in [-0.05, 0) is 36.2 Å². The fourth-order valence-corrected chi connectivity index (χ4v) is 2.12. The first-order chi connectivity index (χ1) is 9.13. The number of nitrogens with zero attached hydrogens (tertiary/aromatic N) is 2. The Balaban J connectivity index is 2.86. The third-order valence-corrected chi connectivity index (χ3v) is 3.55. The highest BCUT2D eigenvalue weighted by molar-refractivity contribution is 7.80. The summed E-state index contributed by atoms with van der Waals surface area (Å²) in [6.07, 6.45) is 2.43. The first kappa shape index (κ1) is 15.5. The summed E-state index contributed by atoms with van der Waals surface area (Å²) in [6.45, 7) is 4.93. The van der Waals surface area contributed by atoms with Crippen LogP contribution in [-0.2, 0) is 12.8 Å². The molecule has 1 aromatic carbocycles. The zero-order chi connectivity index (χ0) is 14.3. The van der Waals surface area contributed by atoms with Crippen molar-refractivity contribution in [1.29, 1.82) is 5.26 Å². The summed E-state index contributed by atoms with van der Waals surface area (Å²) in [5, 5.41) is 12.6. The summed E-state index contributed by atoms with van der Waals surface area (Å²) in [6, 6.07) is 8.47. The summed E-state index contributed by atoms with van der Waals surface area (Å²) in [5.41, 5.74) is 3.67. The Morgan fingerprint density at radius 2 is 1.89 bits per heavy atom. The molecule has 3 nitrogen and oxygen atoms in total. The minimum absolute atomic E-state index is 0.481. The van der Waals surface area contributed by atoms with Crippen LogP contribution in [0.25, 0.3) is 0 Å². The summed E-state index contributed by atoms with van der Waals surface area (Å²) in [7, 11) is 1.91. The number of para-hydroxylation sites is 1. The predicted molar refractivity (Wildman–Crippen MR) is 84.3 cm³/mol. The van der Waals surface area contributed by atoms with Crippen molar-refractivity contribution in [2.45, 2.75) is 33.1 Å². The van der Waals surface area contributed by atoms with Crippen LogP contribution in [0.2, 0.25) is 0 Å². The highest BCUT2D eigenvalue weighted by Crippen LogP contribution is 2.22. The standard InChI is InChI=1S/C15H21N3S/c1-4-12-8-6-9-13(5-2)14(12)17-15(19)18(3)11-7-10-16/h6,8-9H,4-5,7,11H2,1-3H3,(H,17,19). The molecule has 1 rings (SSSR count). The van der Waals surface area contributed by atoms with Crippen LogP contribution in [0.3, 0.4) is 0 Å². The smallest absolute Gasteiger partial charge is 0.173 e. The molecule has 0 atom stereocenters. The van der Waals surface area contributed by atoms with E-state index in [2.05, 4.69) is 43.4 Å². The van der Waals surface area contributed by atoms with Gasteiger partial charge in [-0.1, -0.05) is 32.0 Å². The summed E-state index contributed by atoms with van der Waals surface area (Å²) in [5.74, 6) is 0. The topological polar surface area (TPSA) is 39.1 Å². The van der Waals surface area contributed by atoms with E-state index in [1.54, 1.807) is 0 Å². The second kappa shape index (κ2) is 7.75. The van der Waals surface area contributed by atoms with Crippen LogP contribution < -0.4 is 5.32 Å². The molecular weight excluding hydrogens is 254 g/mol. The molecule has 0 aliphatic carbocycles. The highest BCUT2D eigenvalue weighted by Gasteiger charge is 2.10. The van der Waals surface area contributed by atoms with Crippen molar-refractivity contribution < 1.29 is 0 Å². The van der Waals surface area contributed by atoms with Crippen molar-refractivity contribution in [3.63, 3.8) is 0 Å². The number of nitrogens with one attached hydrogen (secondary N) is 1. The molecule has 1 N–H and O–H groups in total. The average molecular weight is 275 g/mol. The molecule has 0 fully saturated rings. The fourth-order valence-electron chi connectivity index (χ4n) is 1.92. The van der Waals surface area contributed by atoms with Gasteiger partial charge in [-0.3, -0.25) is 0 Å². The van der Waals surface area contributed by atoms with Gasteiger partial charge in [-0.15, -0.1) is 0 Å². The molecule has 102 valence electrons. The molecule has 0 amide bonds. The lowest BCUT2D eigenvalue weighted by Gasteiger charge is -2.22. The van der Waals surface area contributed by atoms with Crippen molar-refractivity contribution in [3.8, 4) is 6.07 Å². The summed E-state index contributed by atoms with van der Waals surface area (Å²) >= 11 is 5.39. The minimum Gasteiger partial charge on any atom is -0.351 e. The Bertz CT molecular complexity index is 455. The number of rotatable bonds is 5. The molecule has 0 heterocycles. The Kier molecular flexibility index (Phi) is 6.31. The van der Waals surface area contributed by atoms with Crippen LogP contribution in [0.15, 0.2) is 18.2 Å². The number of hydrogen-bond acceptors (Lipinski definition) is 2. The van der Waals surface area contributed by atoms with Gasteiger partial charge in [0.2, 0.25) is 0 Å². The first-order valence-corrected chi connectivity index (χ1v) is 7.04. The quantitative estimate of drug-likeness (QED) is 0.836. The molecule has 0 spiro atoms. The molecule has 1 aromatic rings. The van der Waals surface area contributed by atoms with E-state index in [0.717, 1.165) is 18.5 Å². The number of thiocarbonyl (C=S) groups is 1. The number of nitriles is 1. The Labute approximate surface area is 121 Å². The van der Waals surface area contributed by atoms with E-state index in [-0.39, 0.29) is 0 Å². The van der Waals surface area contributed by atoms with Crippen LogP contribution in [0.1, 0.15) is 31.4 Å². The zero-order valence-electron chi connectivity index (χ0n) is 11.9. The van der Waals surface area contributed by atoms with Gasteiger partial charge in [0.05, 0.1) is 12.5 Å². The monoisotopic (exact) mass is 275 g/mol. The third kappa shape index (κ3) is 4.22. The van der Waals surface area contributed by atoms with Gasteiger partial charge in [0.25, 0.3) is 0 Å². The molecule has 0 aromatic heterocycles. The molecule has 0 unspecified atom stereocenters. The molecule has 0 saturated heterocycles. The summed E-state index contributed by atoms with van der Waals surface area (Å²) < 4.78 is 0. The number of hydrogen-bond donors (Lipinski definition) is 1. The van der Waals surface area contributed by atoms with Gasteiger partial charge in [-0.25, -0.2) is 0 Å². The zero-order valence-corrected chi connectivity index (χ0v) is 12.7. The molecule has 0 aliphatic rings. The van der Waals surface area contributed by atoms with E-state index in [0.29, 0.717) is 18.1 Å². The van der Waals surface area contributed by atoms with Crippen molar-refractivity contribution >= 4 is 23.0 Å². The molecular formula is C15H21N3S. The predicted octanol–water partition coefficient (Wildman–Crippen LogP) is 3.35. The van der Waals surface area contributed by atoms with Crippen LogP contribution in [0, 0.1) is 11.3 Å². The number of anilines is 1. The van der Waals surface area contributed by atoms with Crippen molar-refractivity contribution in [2.75, 3.05) is 18.9 Å². The minimum atomic E-state index is 0.481. The Morgan fingerprint density at radius 1 is 1.32 bits per heavy atom. The molecule has 0 radical (unpaired) electrons. The van der Waals surface area contributed by atoms with E-state index in [4.69, 9.17) is 17.5 Å². The average Bonchev–Trinajstić information content (AvgIpc) is 2.44. The molecule has 19 heavy (non-hydrogen) atoms. The van der Waals surface area contributed by atoms with Crippen LogP contribution in [0.5, 0.6) is 0 Å². The van der Waals surface area contributed by atoms with Crippen molar-refractivity contribution in [3.05, 3.63) is 29.3 Å². The molecule has 0 bridgehead atoms. The van der Waals surface area contributed by atoms with E-state index < -0.39 is 0 Å². The van der Waals surface area contributed by atoms with E-state index in [1.165, 1.54) is 11.1 Å². The molecule has 4 heteroatoms. The lowest BCUT2D eigenvalue weighted by Crippen LogP contribution is -2.32. The molecule has 0 saturated carbocycles. The third-order valence-electron chi connectivity index (χ3n) is 3.14. The normalized spacial score (nSPS) is 9.79. The highest BCUT2D eigenvalue weighted by atomic mass is 32.1. The Morgan fingerprint density at radius 3 is 2.37 bits per heavy atom. The Hall–Kier alpha value is -1.60. The van der Waals surface area contributed by atoms with Gasteiger partial charge >= 0.3 is 0 Å². The van der Waals surface area contributed by atoms with Gasteiger partial charge in [0.15, 0.2) is 5.11 Å². The van der Waals surface area contributed by atoms with Gasteiger partial charge in [0, 0.05) is 19.3 Å². The fraction of sp³-hybridized carbons (Fsp3) is 0.467. The second-order valence-electron chi connectivity index (χ2n) is 4.42. The lowest BCUT2D eigenvalue weighted by molar-refractivity contribution is 0.523. The van der Waals surface area contributed by atoms with Crippen molar-refractivity contribution in [1.82, 2.24) is 4.90 Å². The summed E-state index contributed by atoms with van der Waals surface area (Å²) in [4.78, 5) is 1.91. The number of benzene rings is 1. The van der Waals surface area contributed by atoms with Crippen LogP contribution in [0.4, 0.5) is 5.69 Å². The van der Waals surface area contributed by atoms with Crippen LogP contribution >= 0.6 is 12.2 Å². The SMILES string of the molecule is CCc1cccc(CC)c1NC(=S)N(C)CCC#N. The maximum Gasteiger partial charge on any atom is 0.173 e. The maximum atomic E-state index is 8.61. The maximum absolute atomic E-state index is 8.61. The van der Waals surface area contributed by atoms with Gasteiger partial charge in [-0.2, -0.15) is 5.26 Å². The largest absolute Gasteiger partial charge is 0.351 e. The van der Waals surface area contributed by atoms with E-state index in [9.17, 15) is 0 Å². The first-order valence-electron chi connectivity index (χ1n) is 6.63. The second-order valence-corrected chi connectivity index (χ2v) is 4.80. The van der Waals surface area contributed by atoms with Crippen LogP contribution in [-0.4, -0.2) is 23.6 Å². The van der Waals surface area contributed by atoms with Gasteiger partial charge < -0.3 is 10.2 Å².